The second-order valence-corrected chi connectivity index (χ2v) is 4.98. The Bertz CT molecular complexity index is 440. The van der Waals surface area contributed by atoms with Gasteiger partial charge in [0.25, 0.3) is 0 Å². The van der Waals surface area contributed by atoms with Crippen molar-refractivity contribution in [2.24, 2.45) is 5.92 Å². The molecule has 0 aromatic carbocycles. The molecule has 6 nitrogen and oxygen atoms in total. The standard InChI is InChI=1S/C13H18N2O4/c1-15(7-9-4-5-19-8-9)13(18)14-11(6-12(16)17)10-2-3-10/h4-5,8,10-11H,2-3,6-7H2,1H3,(H,14,18)(H,16,17). The van der Waals surface area contributed by atoms with Gasteiger partial charge in [-0.05, 0) is 24.8 Å². The Morgan fingerprint density at radius 2 is 2.32 bits per heavy atom. The van der Waals surface area contributed by atoms with Crippen molar-refractivity contribution in [1.29, 1.82) is 0 Å². The Morgan fingerprint density at radius 3 is 2.84 bits per heavy atom. The van der Waals surface area contributed by atoms with Crippen LogP contribution in [0.4, 0.5) is 4.79 Å². The van der Waals surface area contributed by atoms with Crippen LogP contribution in [0.1, 0.15) is 24.8 Å². The van der Waals surface area contributed by atoms with Crippen LogP contribution in [0.2, 0.25) is 0 Å². The van der Waals surface area contributed by atoms with Gasteiger partial charge in [0, 0.05) is 18.7 Å². The Balaban J connectivity index is 1.85. The van der Waals surface area contributed by atoms with Crippen LogP contribution in [-0.4, -0.2) is 35.1 Å². The van der Waals surface area contributed by atoms with E-state index < -0.39 is 5.97 Å². The summed E-state index contributed by atoms with van der Waals surface area (Å²) in [6.07, 6.45) is 5.10. The highest BCUT2D eigenvalue weighted by Gasteiger charge is 2.34. The molecule has 1 heterocycles. The lowest BCUT2D eigenvalue weighted by molar-refractivity contribution is -0.137. The van der Waals surface area contributed by atoms with E-state index in [2.05, 4.69) is 5.32 Å². The Morgan fingerprint density at radius 1 is 1.58 bits per heavy atom. The molecule has 0 saturated heterocycles. The number of nitrogens with one attached hydrogen (secondary N) is 1. The van der Waals surface area contributed by atoms with Gasteiger partial charge >= 0.3 is 12.0 Å². The number of amides is 2. The zero-order valence-corrected chi connectivity index (χ0v) is 10.8. The molecule has 1 aromatic rings. The highest BCUT2D eigenvalue weighted by molar-refractivity contribution is 5.75. The van der Waals surface area contributed by atoms with Crippen LogP contribution >= 0.6 is 0 Å². The van der Waals surface area contributed by atoms with Crippen LogP contribution < -0.4 is 5.32 Å². The van der Waals surface area contributed by atoms with E-state index in [1.54, 1.807) is 25.6 Å². The summed E-state index contributed by atoms with van der Waals surface area (Å²) in [6, 6.07) is 1.27. The Kier molecular flexibility index (Phi) is 4.09. The minimum absolute atomic E-state index is 0.0179. The molecule has 0 bridgehead atoms. The van der Waals surface area contributed by atoms with Crippen LogP contribution in [0.3, 0.4) is 0 Å². The van der Waals surface area contributed by atoms with Crippen LogP contribution in [0.25, 0.3) is 0 Å². The fourth-order valence-electron chi connectivity index (χ4n) is 2.02. The number of carboxylic acids is 1. The monoisotopic (exact) mass is 266 g/mol. The van der Waals surface area contributed by atoms with Gasteiger partial charge in [-0.15, -0.1) is 0 Å². The van der Waals surface area contributed by atoms with Gasteiger partial charge in [0.2, 0.25) is 0 Å². The second kappa shape index (κ2) is 5.77. The van der Waals surface area contributed by atoms with Gasteiger partial charge in [-0.1, -0.05) is 0 Å². The maximum absolute atomic E-state index is 12.0. The molecule has 1 unspecified atom stereocenters. The second-order valence-electron chi connectivity index (χ2n) is 4.98. The van der Waals surface area contributed by atoms with Gasteiger partial charge in [0.1, 0.15) is 0 Å². The molecule has 1 aromatic heterocycles. The Hall–Kier alpha value is -1.98. The molecular weight excluding hydrogens is 248 g/mol. The molecule has 19 heavy (non-hydrogen) atoms. The van der Waals surface area contributed by atoms with E-state index in [4.69, 9.17) is 9.52 Å². The Labute approximate surface area is 111 Å². The van der Waals surface area contributed by atoms with Crippen LogP contribution in [0, 0.1) is 5.92 Å². The molecule has 104 valence electrons. The quantitative estimate of drug-likeness (QED) is 0.820. The highest BCUT2D eigenvalue weighted by Crippen LogP contribution is 2.34. The number of carbonyl (C=O) groups excluding carboxylic acids is 1. The predicted octanol–water partition coefficient (Wildman–Crippen LogP) is 1.67. The predicted molar refractivity (Wildman–Crippen MR) is 67.5 cm³/mol. The van der Waals surface area contributed by atoms with Crippen molar-refractivity contribution in [2.45, 2.75) is 31.8 Å². The third-order valence-corrected chi connectivity index (χ3v) is 3.24. The van der Waals surface area contributed by atoms with E-state index in [0.717, 1.165) is 18.4 Å². The van der Waals surface area contributed by atoms with E-state index in [0.29, 0.717) is 12.5 Å². The largest absolute Gasteiger partial charge is 0.481 e. The van der Waals surface area contributed by atoms with Crippen molar-refractivity contribution in [3.8, 4) is 0 Å². The summed E-state index contributed by atoms with van der Waals surface area (Å²) in [5.41, 5.74) is 0.902. The summed E-state index contributed by atoms with van der Waals surface area (Å²) in [5, 5.41) is 11.6. The first kappa shape index (κ1) is 13.5. The average molecular weight is 266 g/mol. The number of rotatable bonds is 6. The maximum Gasteiger partial charge on any atom is 0.317 e. The number of hydrogen-bond donors (Lipinski definition) is 2. The van der Waals surface area contributed by atoms with Crippen molar-refractivity contribution in [3.63, 3.8) is 0 Å². The van der Waals surface area contributed by atoms with E-state index in [1.807, 2.05) is 0 Å². The SMILES string of the molecule is CN(Cc1ccoc1)C(=O)NC(CC(=O)O)C1CC1. The summed E-state index contributed by atoms with van der Waals surface area (Å²) < 4.78 is 4.94. The fraction of sp³-hybridized carbons (Fsp3) is 0.538. The molecular formula is C13H18N2O4. The normalized spacial score (nSPS) is 15.8. The summed E-state index contributed by atoms with van der Waals surface area (Å²) in [5.74, 6) is -0.572. The third-order valence-electron chi connectivity index (χ3n) is 3.24. The molecule has 1 aliphatic rings. The van der Waals surface area contributed by atoms with E-state index in [9.17, 15) is 9.59 Å². The minimum atomic E-state index is -0.880. The topological polar surface area (TPSA) is 82.8 Å². The van der Waals surface area contributed by atoms with Crippen LogP contribution in [0.5, 0.6) is 0 Å². The van der Waals surface area contributed by atoms with Gasteiger partial charge in [0.05, 0.1) is 25.5 Å². The number of aliphatic carboxylic acids is 1. The molecule has 2 amide bonds. The number of carbonyl (C=O) groups is 2. The lowest BCUT2D eigenvalue weighted by Crippen LogP contribution is -2.44. The van der Waals surface area contributed by atoms with Crippen molar-refractivity contribution in [1.82, 2.24) is 10.2 Å². The zero-order valence-electron chi connectivity index (χ0n) is 10.8. The molecule has 1 saturated carbocycles. The fourth-order valence-corrected chi connectivity index (χ4v) is 2.02. The van der Waals surface area contributed by atoms with Crippen LogP contribution in [-0.2, 0) is 11.3 Å². The maximum atomic E-state index is 12.0. The summed E-state index contributed by atoms with van der Waals surface area (Å²) in [7, 11) is 1.67. The lowest BCUT2D eigenvalue weighted by atomic mass is 10.1. The van der Waals surface area contributed by atoms with Gasteiger partial charge in [-0.3, -0.25) is 4.79 Å². The summed E-state index contributed by atoms with van der Waals surface area (Å²) in [4.78, 5) is 24.3. The number of carboxylic acid groups (broad SMARTS) is 1. The first-order chi connectivity index (χ1) is 9.06. The van der Waals surface area contributed by atoms with Crippen molar-refractivity contribution < 1.29 is 19.1 Å². The molecule has 1 aliphatic carbocycles. The van der Waals surface area contributed by atoms with Gasteiger partial charge < -0.3 is 19.7 Å². The smallest absolute Gasteiger partial charge is 0.317 e. The molecule has 1 fully saturated rings. The molecule has 0 spiro atoms. The molecule has 1 atom stereocenters. The van der Waals surface area contributed by atoms with E-state index in [1.165, 1.54) is 4.90 Å². The van der Waals surface area contributed by atoms with Crippen molar-refractivity contribution >= 4 is 12.0 Å². The average Bonchev–Trinajstić information content (AvgIpc) is 3.07. The van der Waals surface area contributed by atoms with Gasteiger partial charge in [-0.25, -0.2) is 4.79 Å². The third kappa shape index (κ3) is 4.01. The van der Waals surface area contributed by atoms with E-state index >= 15 is 0 Å². The molecule has 0 aliphatic heterocycles. The minimum Gasteiger partial charge on any atom is -0.481 e. The molecule has 2 rings (SSSR count). The van der Waals surface area contributed by atoms with E-state index in [-0.39, 0.29) is 18.5 Å². The van der Waals surface area contributed by atoms with Crippen molar-refractivity contribution in [3.05, 3.63) is 24.2 Å². The summed E-state index contributed by atoms with van der Waals surface area (Å²) in [6.45, 7) is 0.437. The molecule has 0 radical (unpaired) electrons. The number of nitrogens with zero attached hydrogens (tertiary/aromatic N) is 1. The molecule has 2 N–H and O–H groups in total. The van der Waals surface area contributed by atoms with Crippen LogP contribution in [0.15, 0.2) is 23.0 Å². The van der Waals surface area contributed by atoms with Crippen molar-refractivity contribution in [2.75, 3.05) is 7.05 Å². The zero-order chi connectivity index (χ0) is 13.8. The number of urea groups is 1. The van der Waals surface area contributed by atoms with Gasteiger partial charge in [0.15, 0.2) is 0 Å². The first-order valence-electron chi connectivity index (χ1n) is 6.30. The summed E-state index contributed by atoms with van der Waals surface area (Å²) >= 11 is 0. The lowest BCUT2D eigenvalue weighted by Gasteiger charge is -2.22. The van der Waals surface area contributed by atoms with Gasteiger partial charge in [-0.2, -0.15) is 0 Å². The number of hydrogen-bond acceptors (Lipinski definition) is 3. The number of furan rings is 1. The molecule has 6 heteroatoms. The first-order valence-corrected chi connectivity index (χ1v) is 6.30. The highest BCUT2D eigenvalue weighted by atomic mass is 16.4.